The first-order chi connectivity index (χ1) is 13.5. The third kappa shape index (κ3) is 1.88. The second-order valence-electron chi connectivity index (χ2n) is 9.25. The number of likely N-dealkylation sites (tertiary alicyclic amines) is 1. The fraction of sp³-hybridized carbons (Fsp3) is 0.727. The van der Waals surface area contributed by atoms with E-state index in [1.54, 1.807) is 7.11 Å². The highest BCUT2D eigenvalue weighted by atomic mass is 16.5. The zero-order valence-electron chi connectivity index (χ0n) is 16.9. The topological polar surface area (TPSA) is 82.4 Å². The minimum atomic E-state index is -0.962. The molecule has 154 valence electrons. The Morgan fingerprint density at radius 1 is 1.29 bits per heavy atom. The molecule has 1 saturated carbocycles. The molecule has 2 aliphatic carbocycles. The third-order valence-corrected chi connectivity index (χ3v) is 8.60. The van der Waals surface area contributed by atoms with E-state index in [9.17, 15) is 15.3 Å². The smallest absolute Gasteiger partial charge is 0.165 e. The summed E-state index contributed by atoms with van der Waals surface area (Å²) in [6.07, 6.45) is 1.22. The van der Waals surface area contributed by atoms with Gasteiger partial charge >= 0.3 is 0 Å². The Bertz CT molecular complexity index is 793. The SMILES string of the molecule is CC[C@@H]1[C@H]2[C@H]3Cc4ccc(OC)c5c4[C@@]2(CCN3C)[C@@H](O5)[C@H](O)C1(CO)CO. The lowest BCUT2D eigenvalue weighted by Crippen LogP contribution is -2.75. The minimum absolute atomic E-state index is 0.00963. The standard InChI is InChI=1S/C22H31NO5/c1-4-13-17-14-9-12-5-6-15(27-3)18-16(12)22(17,7-8-23(14)2)20(28-18)19(26)21(13,10-24)11-25/h5-6,13-14,17,19-20,24-26H,4,7-11H2,1-3H3/t13-,14-,17+,19+,20+,22-/m1/s1. The van der Waals surface area contributed by atoms with Gasteiger partial charge < -0.3 is 29.7 Å². The summed E-state index contributed by atoms with van der Waals surface area (Å²) in [5.74, 6) is 1.69. The average molecular weight is 389 g/mol. The summed E-state index contributed by atoms with van der Waals surface area (Å²) in [5.41, 5.74) is 1.25. The first-order valence-electron chi connectivity index (χ1n) is 10.5. The molecular formula is C22H31NO5. The van der Waals surface area contributed by atoms with Crippen molar-refractivity contribution in [2.45, 2.75) is 49.9 Å². The van der Waals surface area contributed by atoms with Crippen molar-refractivity contribution in [1.82, 2.24) is 4.90 Å². The summed E-state index contributed by atoms with van der Waals surface area (Å²) in [6.45, 7) is 2.58. The minimum Gasteiger partial charge on any atom is -0.493 e. The molecule has 6 atom stereocenters. The molecule has 2 bridgehead atoms. The summed E-state index contributed by atoms with van der Waals surface area (Å²) in [5, 5.41) is 32.3. The van der Waals surface area contributed by atoms with Gasteiger partial charge in [0, 0.05) is 22.4 Å². The van der Waals surface area contributed by atoms with Crippen molar-refractivity contribution < 1.29 is 24.8 Å². The van der Waals surface area contributed by atoms with Gasteiger partial charge in [-0.3, -0.25) is 0 Å². The van der Waals surface area contributed by atoms with Crippen LogP contribution in [0, 0.1) is 17.3 Å². The molecule has 28 heavy (non-hydrogen) atoms. The number of likely N-dealkylation sites (N-methyl/N-ethyl adjacent to an activating group) is 1. The zero-order valence-corrected chi connectivity index (χ0v) is 16.9. The highest BCUT2D eigenvalue weighted by Gasteiger charge is 2.73. The number of hydrogen-bond donors (Lipinski definition) is 3. The lowest BCUT2D eigenvalue weighted by molar-refractivity contribution is -0.222. The van der Waals surface area contributed by atoms with Crippen molar-refractivity contribution >= 4 is 0 Å². The predicted molar refractivity (Wildman–Crippen MR) is 104 cm³/mol. The molecule has 0 amide bonds. The maximum Gasteiger partial charge on any atom is 0.165 e. The number of nitrogens with zero attached hydrogens (tertiary/aromatic N) is 1. The van der Waals surface area contributed by atoms with Crippen molar-refractivity contribution in [3.05, 3.63) is 23.3 Å². The Morgan fingerprint density at radius 3 is 2.68 bits per heavy atom. The van der Waals surface area contributed by atoms with E-state index in [-0.39, 0.29) is 30.5 Å². The maximum absolute atomic E-state index is 11.5. The molecule has 0 radical (unpaired) electrons. The van der Waals surface area contributed by atoms with E-state index in [4.69, 9.17) is 9.47 Å². The number of aliphatic hydroxyl groups is 3. The molecular weight excluding hydrogens is 358 g/mol. The van der Waals surface area contributed by atoms with Crippen LogP contribution in [0.1, 0.15) is 30.9 Å². The van der Waals surface area contributed by atoms with E-state index >= 15 is 0 Å². The van der Waals surface area contributed by atoms with Gasteiger partial charge in [-0.1, -0.05) is 19.4 Å². The molecule has 6 nitrogen and oxygen atoms in total. The van der Waals surface area contributed by atoms with Gasteiger partial charge in [0.05, 0.1) is 20.3 Å². The van der Waals surface area contributed by atoms with Crippen LogP contribution >= 0.6 is 0 Å². The van der Waals surface area contributed by atoms with Crippen LogP contribution in [0.4, 0.5) is 0 Å². The van der Waals surface area contributed by atoms with Crippen molar-refractivity contribution in [3.8, 4) is 11.5 Å². The van der Waals surface area contributed by atoms with E-state index in [1.165, 1.54) is 11.1 Å². The highest BCUT2D eigenvalue weighted by molar-refractivity contribution is 5.61. The molecule has 5 rings (SSSR count). The van der Waals surface area contributed by atoms with Gasteiger partial charge in [-0.2, -0.15) is 0 Å². The zero-order chi connectivity index (χ0) is 19.8. The Kier molecular flexibility index (Phi) is 4.05. The van der Waals surface area contributed by atoms with Crippen LogP contribution in [0.5, 0.6) is 11.5 Å². The first-order valence-corrected chi connectivity index (χ1v) is 10.5. The quantitative estimate of drug-likeness (QED) is 0.711. The van der Waals surface area contributed by atoms with Crippen molar-refractivity contribution in [3.63, 3.8) is 0 Å². The van der Waals surface area contributed by atoms with E-state index in [2.05, 4.69) is 24.9 Å². The second kappa shape index (κ2) is 6.08. The summed E-state index contributed by atoms with van der Waals surface area (Å²) in [7, 11) is 3.82. The van der Waals surface area contributed by atoms with E-state index in [0.717, 1.165) is 31.6 Å². The molecule has 1 aromatic rings. The molecule has 2 fully saturated rings. The van der Waals surface area contributed by atoms with Gasteiger partial charge in [-0.15, -0.1) is 0 Å². The summed E-state index contributed by atoms with van der Waals surface area (Å²) in [6, 6.07) is 4.43. The van der Waals surface area contributed by atoms with Crippen molar-refractivity contribution in [1.29, 1.82) is 0 Å². The number of hydrogen-bond acceptors (Lipinski definition) is 6. The Balaban J connectivity index is 1.81. The number of ether oxygens (including phenoxy) is 2. The lowest BCUT2D eigenvalue weighted by Gasteiger charge is -2.65. The molecule has 3 N–H and O–H groups in total. The number of piperidine rings is 1. The fourth-order valence-electron chi connectivity index (χ4n) is 7.36. The number of benzene rings is 1. The molecule has 0 aromatic heterocycles. The second-order valence-corrected chi connectivity index (χ2v) is 9.25. The summed E-state index contributed by atoms with van der Waals surface area (Å²) < 4.78 is 12.1. The Hall–Kier alpha value is -1.34. The number of methoxy groups -OCH3 is 1. The maximum atomic E-state index is 11.5. The van der Waals surface area contributed by atoms with E-state index in [1.807, 2.05) is 6.07 Å². The van der Waals surface area contributed by atoms with Crippen LogP contribution in [0.2, 0.25) is 0 Å². The third-order valence-electron chi connectivity index (χ3n) is 8.60. The monoisotopic (exact) mass is 389 g/mol. The molecule has 4 aliphatic rings. The fourth-order valence-corrected chi connectivity index (χ4v) is 7.36. The van der Waals surface area contributed by atoms with Crippen LogP contribution in [0.15, 0.2) is 12.1 Å². The van der Waals surface area contributed by atoms with Gasteiger partial charge in [0.15, 0.2) is 11.5 Å². The average Bonchev–Trinajstić information content (AvgIpc) is 3.06. The van der Waals surface area contributed by atoms with E-state index in [0.29, 0.717) is 11.8 Å². The van der Waals surface area contributed by atoms with E-state index < -0.39 is 17.6 Å². The Morgan fingerprint density at radius 2 is 2.04 bits per heavy atom. The summed E-state index contributed by atoms with van der Waals surface area (Å²) >= 11 is 0. The van der Waals surface area contributed by atoms with Gasteiger partial charge in [-0.05, 0) is 49.9 Å². The largest absolute Gasteiger partial charge is 0.493 e. The molecule has 6 heteroatoms. The van der Waals surface area contributed by atoms with Crippen LogP contribution in [0.3, 0.4) is 0 Å². The van der Waals surface area contributed by atoms with Gasteiger partial charge in [0.2, 0.25) is 0 Å². The van der Waals surface area contributed by atoms with Gasteiger partial charge in [0.1, 0.15) is 12.2 Å². The molecule has 1 aromatic carbocycles. The predicted octanol–water partition coefficient (Wildman–Crippen LogP) is 0.942. The Labute approximate surface area is 166 Å². The number of rotatable bonds is 4. The molecule has 2 heterocycles. The normalized spacial score (nSPS) is 40.0. The lowest BCUT2D eigenvalue weighted by atomic mass is 9.42. The number of aliphatic hydroxyl groups excluding tert-OH is 3. The van der Waals surface area contributed by atoms with Crippen LogP contribution < -0.4 is 9.47 Å². The van der Waals surface area contributed by atoms with Crippen LogP contribution in [0.25, 0.3) is 0 Å². The highest BCUT2D eigenvalue weighted by Crippen LogP contribution is 2.68. The van der Waals surface area contributed by atoms with Crippen LogP contribution in [-0.2, 0) is 11.8 Å². The first kappa shape index (κ1) is 18.7. The molecule has 1 spiro atoms. The van der Waals surface area contributed by atoms with Gasteiger partial charge in [-0.25, -0.2) is 0 Å². The molecule has 1 saturated heterocycles. The molecule has 0 unspecified atom stereocenters. The summed E-state index contributed by atoms with van der Waals surface area (Å²) in [4.78, 5) is 2.43. The van der Waals surface area contributed by atoms with Crippen LogP contribution in [-0.4, -0.2) is 72.4 Å². The van der Waals surface area contributed by atoms with Crippen molar-refractivity contribution in [2.24, 2.45) is 17.3 Å². The van der Waals surface area contributed by atoms with Crippen molar-refractivity contribution in [2.75, 3.05) is 33.9 Å². The molecule has 2 aliphatic heterocycles. The van der Waals surface area contributed by atoms with Gasteiger partial charge in [0.25, 0.3) is 0 Å².